The van der Waals surface area contributed by atoms with Crippen molar-refractivity contribution in [1.82, 2.24) is 4.72 Å². The summed E-state index contributed by atoms with van der Waals surface area (Å²) in [6, 6.07) is 7.17. The normalized spacial score (nSPS) is 14.3. The molecule has 1 unspecified atom stereocenters. The van der Waals surface area contributed by atoms with Crippen molar-refractivity contribution in [2.45, 2.75) is 38.5 Å². The van der Waals surface area contributed by atoms with Crippen molar-refractivity contribution in [2.24, 2.45) is 10.3 Å². The molecule has 108 valence electrons. The molecular formula is C14H25N3OS. The lowest BCUT2D eigenvalue weighted by Crippen LogP contribution is -2.25. The van der Waals surface area contributed by atoms with E-state index < -0.39 is 9.92 Å². The van der Waals surface area contributed by atoms with Gasteiger partial charge < -0.3 is 5.73 Å². The van der Waals surface area contributed by atoms with Crippen LogP contribution in [0.2, 0.25) is 0 Å². The van der Waals surface area contributed by atoms with Gasteiger partial charge in [0.15, 0.2) is 0 Å². The van der Waals surface area contributed by atoms with Gasteiger partial charge in [0.25, 0.3) is 0 Å². The van der Waals surface area contributed by atoms with Gasteiger partial charge in [-0.1, -0.05) is 33.3 Å². The summed E-state index contributed by atoms with van der Waals surface area (Å²) in [4.78, 5) is 0.671. The van der Waals surface area contributed by atoms with Gasteiger partial charge >= 0.3 is 0 Å². The van der Waals surface area contributed by atoms with Crippen LogP contribution in [0, 0.1) is 5.92 Å². The molecule has 0 amide bonds. The number of nitrogen functional groups attached to an aromatic ring is 1. The summed E-state index contributed by atoms with van der Waals surface area (Å²) in [5, 5.41) is 0. The summed E-state index contributed by atoms with van der Waals surface area (Å²) < 4.78 is 20.5. The van der Waals surface area contributed by atoms with E-state index in [2.05, 4.69) is 29.9 Å². The van der Waals surface area contributed by atoms with Crippen LogP contribution in [0.5, 0.6) is 0 Å². The number of benzene rings is 1. The zero-order valence-corrected chi connectivity index (χ0v) is 12.9. The summed E-state index contributed by atoms with van der Waals surface area (Å²) in [5.74, 6) is 0.384. The second kappa shape index (κ2) is 7.50. The van der Waals surface area contributed by atoms with Gasteiger partial charge in [0.2, 0.25) is 0 Å². The highest BCUT2D eigenvalue weighted by molar-refractivity contribution is 7.91. The van der Waals surface area contributed by atoms with E-state index in [1.165, 1.54) is 0 Å². The van der Waals surface area contributed by atoms with Gasteiger partial charge in [-0.3, -0.25) is 0 Å². The van der Waals surface area contributed by atoms with Crippen molar-refractivity contribution in [1.29, 1.82) is 0 Å². The molecule has 0 radical (unpaired) electrons. The fraction of sp³-hybridized carbons (Fsp3) is 0.571. The molecule has 0 fully saturated rings. The number of hydrogen-bond acceptors (Lipinski definition) is 3. The number of nitrogens with one attached hydrogen (secondary N) is 1. The fourth-order valence-corrected chi connectivity index (χ4v) is 3.43. The minimum Gasteiger partial charge on any atom is -0.399 e. The van der Waals surface area contributed by atoms with Gasteiger partial charge in [0, 0.05) is 12.2 Å². The molecule has 0 spiro atoms. The van der Waals surface area contributed by atoms with Gasteiger partial charge in [-0.15, -0.1) is 0 Å². The average Bonchev–Trinajstić information content (AvgIpc) is 2.37. The molecule has 4 nitrogen and oxygen atoms in total. The maximum Gasteiger partial charge on any atom is 0.137 e. The Hall–Kier alpha value is -1.07. The molecular weight excluding hydrogens is 258 g/mol. The smallest absolute Gasteiger partial charge is 0.137 e. The summed E-state index contributed by atoms with van der Waals surface area (Å²) in [5.41, 5.74) is 6.38. The SMILES string of the molecule is CCCCNS(=O)(=NCC(C)C)c1cccc(N)c1. The van der Waals surface area contributed by atoms with Crippen molar-refractivity contribution in [3.63, 3.8) is 0 Å². The van der Waals surface area contributed by atoms with E-state index in [-0.39, 0.29) is 0 Å². The van der Waals surface area contributed by atoms with E-state index in [9.17, 15) is 4.21 Å². The van der Waals surface area contributed by atoms with E-state index in [0.29, 0.717) is 29.6 Å². The summed E-state index contributed by atoms with van der Waals surface area (Å²) >= 11 is 0. The van der Waals surface area contributed by atoms with Crippen LogP contribution in [0.1, 0.15) is 33.6 Å². The molecule has 19 heavy (non-hydrogen) atoms. The standard InChI is InChI=1S/C14H25N3OS/c1-4-5-9-16-19(18,17-11-12(2)3)14-8-6-7-13(15)10-14/h6-8,10,12H,4-5,9,11,15H2,1-3H3,(H,16,17,18). The number of nitrogens with zero attached hydrogens (tertiary/aromatic N) is 1. The molecule has 0 saturated carbocycles. The Bertz CT molecular complexity index is 505. The van der Waals surface area contributed by atoms with E-state index in [1.807, 2.05) is 12.1 Å². The first-order chi connectivity index (χ1) is 8.98. The van der Waals surface area contributed by atoms with Gasteiger partial charge in [0.05, 0.1) is 11.4 Å². The number of rotatable bonds is 7. The Morgan fingerprint density at radius 3 is 2.74 bits per heavy atom. The van der Waals surface area contributed by atoms with E-state index in [1.54, 1.807) is 12.1 Å². The number of nitrogens with two attached hydrogens (primary N) is 1. The van der Waals surface area contributed by atoms with Crippen LogP contribution in [0.15, 0.2) is 33.5 Å². The summed E-state index contributed by atoms with van der Waals surface area (Å²) in [7, 11) is -2.56. The topological polar surface area (TPSA) is 67.5 Å². The molecule has 0 aliphatic carbocycles. The molecule has 1 aromatic carbocycles. The van der Waals surface area contributed by atoms with Crippen LogP contribution < -0.4 is 10.5 Å². The first-order valence-corrected chi connectivity index (χ1v) is 8.32. The van der Waals surface area contributed by atoms with Gasteiger partial charge in [-0.2, -0.15) is 0 Å². The highest BCUT2D eigenvalue weighted by Crippen LogP contribution is 2.15. The second-order valence-corrected chi connectivity index (χ2v) is 7.12. The number of anilines is 1. The summed E-state index contributed by atoms with van der Waals surface area (Å²) in [6.45, 7) is 7.51. The Labute approximate surface area is 117 Å². The minimum atomic E-state index is -2.56. The first kappa shape index (κ1) is 16.0. The second-order valence-electron chi connectivity index (χ2n) is 5.05. The predicted octanol–water partition coefficient (Wildman–Crippen LogP) is 3.06. The zero-order chi connectivity index (χ0) is 14.3. The van der Waals surface area contributed by atoms with Crippen LogP contribution >= 0.6 is 0 Å². The maximum atomic E-state index is 13.0. The highest BCUT2D eigenvalue weighted by atomic mass is 32.2. The zero-order valence-electron chi connectivity index (χ0n) is 12.1. The lowest BCUT2D eigenvalue weighted by Gasteiger charge is -2.13. The van der Waals surface area contributed by atoms with Crippen molar-refractivity contribution in [2.75, 3.05) is 18.8 Å². The molecule has 0 aliphatic rings. The number of unbranched alkanes of at least 4 members (excludes halogenated alkanes) is 1. The Morgan fingerprint density at radius 2 is 2.16 bits per heavy atom. The minimum absolute atomic E-state index is 0.384. The average molecular weight is 283 g/mol. The van der Waals surface area contributed by atoms with Crippen LogP contribution in [0.3, 0.4) is 0 Å². The molecule has 1 atom stereocenters. The molecule has 5 heteroatoms. The molecule has 0 saturated heterocycles. The number of hydrogen-bond donors (Lipinski definition) is 2. The van der Waals surface area contributed by atoms with Crippen molar-refractivity contribution in [3.05, 3.63) is 24.3 Å². The molecule has 3 N–H and O–H groups in total. The maximum absolute atomic E-state index is 13.0. The Balaban J connectivity index is 3.04. The first-order valence-electron chi connectivity index (χ1n) is 6.81. The molecule has 0 bridgehead atoms. The quantitative estimate of drug-likeness (QED) is 0.596. The van der Waals surface area contributed by atoms with E-state index >= 15 is 0 Å². The van der Waals surface area contributed by atoms with Crippen molar-refractivity contribution in [3.8, 4) is 0 Å². The van der Waals surface area contributed by atoms with Gasteiger partial charge in [0.1, 0.15) is 9.92 Å². The van der Waals surface area contributed by atoms with Crippen LogP contribution in [0.25, 0.3) is 0 Å². The van der Waals surface area contributed by atoms with Crippen LogP contribution in [-0.2, 0) is 9.92 Å². The fourth-order valence-electron chi connectivity index (χ4n) is 1.53. The molecule has 1 aromatic rings. The highest BCUT2D eigenvalue weighted by Gasteiger charge is 2.12. The van der Waals surface area contributed by atoms with Crippen LogP contribution in [-0.4, -0.2) is 17.3 Å². The van der Waals surface area contributed by atoms with Gasteiger partial charge in [-0.05, 0) is 30.5 Å². The largest absolute Gasteiger partial charge is 0.399 e. The van der Waals surface area contributed by atoms with Gasteiger partial charge in [-0.25, -0.2) is 13.3 Å². The third-order valence-corrected chi connectivity index (χ3v) is 4.63. The third kappa shape index (κ3) is 5.20. The Morgan fingerprint density at radius 1 is 1.42 bits per heavy atom. The lowest BCUT2D eigenvalue weighted by molar-refractivity contribution is 0.636. The van der Waals surface area contributed by atoms with Crippen LogP contribution in [0.4, 0.5) is 5.69 Å². The molecule has 1 rings (SSSR count). The predicted molar refractivity (Wildman–Crippen MR) is 82.3 cm³/mol. The molecule has 0 aliphatic heterocycles. The monoisotopic (exact) mass is 283 g/mol. The van der Waals surface area contributed by atoms with Crippen molar-refractivity contribution < 1.29 is 4.21 Å². The van der Waals surface area contributed by atoms with E-state index in [4.69, 9.17) is 5.73 Å². The molecule has 0 aromatic heterocycles. The Kier molecular flexibility index (Phi) is 6.31. The lowest BCUT2D eigenvalue weighted by atomic mass is 10.2. The summed E-state index contributed by atoms with van der Waals surface area (Å²) in [6.07, 6.45) is 2.04. The third-order valence-electron chi connectivity index (χ3n) is 2.63. The van der Waals surface area contributed by atoms with E-state index in [0.717, 1.165) is 12.8 Å². The van der Waals surface area contributed by atoms with Crippen molar-refractivity contribution >= 4 is 15.6 Å². The molecule has 0 heterocycles.